The Balaban J connectivity index is 0.000000361. The number of morpholine rings is 1. The predicted molar refractivity (Wildman–Crippen MR) is 578 cm³/mol. The highest BCUT2D eigenvalue weighted by atomic mass is 35.5. The molecule has 0 radical (unpaired) electrons. The third-order valence-corrected chi connectivity index (χ3v) is 21.2. The fourth-order valence-corrected chi connectivity index (χ4v) is 15.0. The number of rotatable bonds is 27. The molecular formula is C103H120Cl12FN13O12. The van der Waals surface area contributed by atoms with Crippen LogP contribution in [0.25, 0.3) is 55.6 Å². The molecule has 0 bridgehead atoms. The molecule has 38 heteroatoms. The van der Waals surface area contributed by atoms with Crippen molar-refractivity contribution in [2.75, 3.05) is 118 Å². The van der Waals surface area contributed by atoms with E-state index in [0.29, 0.717) is 155 Å². The van der Waals surface area contributed by atoms with E-state index in [-0.39, 0.29) is 25.3 Å². The van der Waals surface area contributed by atoms with Gasteiger partial charge in [-0.1, -0.05) is 166 Å². The van der Waals surface area contributed by atoms with Gasteiger partial charge >= 0.3 is 24.4 Å². The largest absolute Gasteiger partial charge is 0.444 e. The maximum atomic E-state index is 13.2. The first kappa shape index (κ1) is 123. The van der Waals surface area contributed by atoms with Gasteiger partial charge < -0.3 is 82.4 Å². The maximum Gasteiger partial charge on any atom is 0.407 e. The van der Waals surface area contributed by atoms with Crippen molar-refractivity contribution in [3.05, 3.63) is 266 Å². The van der Waals surface area contributed by atoms with E-state index in [1.807, 2.05) is 138 Å². The monoisotopic (exact) mass is 2170 g/mol. The van der Waals surface area contributed by atoms with Crippen LogP contribution in [0.5, 0.6) is 0 Å². The van der Waals surface area contributed by atoms with Gasteiger partial charge in [0.25, 0.3) is 0 Å². The van der Waals surface area contributed by atoms with E-state index in [1.165, 1.54) is 30.7 Å². The van der Waals surface area contributed by atoms with Crippen molar-refractivity contribution < 1.29 is 61.9 Å². The maximum absolute atomic E-state index is 13.2. The van der Waals surface area contributed by atoms with E-state index in [2.05, 4.69) is 77.0 Å². The van der Waals surface area contributed by atoms with E-state index in [0.717, 1.165) is 101 Å². The molecule has 141 heavy (non-hydrogen) atoms. The zero-order valence-electron chi connectivity index (χ0n) is 79.7. The molecule has 0 atom stereocenters. The Morgan fingerprint density at radius 1 is 0.404 bits per heavy atom. The number of benzene rings is 10. The van der Waals surface area contributed by atoms with Gasteiger partial charge in [0.2, 0.25) is 5.91 Å². The van der Waals surface area contributed by atoms with Crippen molar-refractivity contribution >= 4 is 199 Å². The summed E-state index contributed by atoms with van der Waals surface area (Å²) in [6.45, 7) is 32.1. The standard InChI is InChI=1S/C24H31Cl2N3O3.C20H21Cl2N3O2.C20H24Cl2N2O3.C20H22Cl2N2O3.C13H6Cl2FN.C4H10N2O.CH2Cl2.CH4/c1-24(2,3)32-23(30)28-9-8-27-19-6-4-17(16-29-10-12-31-13-11-29)21(15-19)20-7-5-18(25)14-22(20)26;1-20(2,3)27-19(26)25-9-8-24-15-6-4-13(12-23)17(11-15)16-7-5-14(21)10-18(16)22;2*1-20(2,3)27-19(26)24-9-8-23-15-6-4-13(12-25)17(11-15)16-7-5-14(21)10-18(16)22;14-9-2-4-11(13(15)5-9)12-6-10(16)3-1-8(12)7-17;1-4(7)6-3-2-5;2-1-3;/h4-7,14-15,27H,8-13,16H2,1-3H3,(H,28,30);4-7,10-11,24H,8-9H2,1-3H3,(H,25,26);4-7,10-11,23,25H,8-9,12H2,1-3H3,(H,24,26);4-7,10-12,23H,8-9H2,1-3H3,(H,24,26);1-6H;2-3,5H2,1H3,(H,6,7);1H2;1H4. The Hall–Kier alpha value is -10.2. The number of alkyl halides is 2. The number of carbonyl (C=O) groups excluding carboxylic acids is 6. The molecule has 10 aromatic rings. The van der Waals surface area contributed by atoms with Crippen molar-refractivity contribution in [2.45, 2.75) is 133 Å². The highest BCUT2D eigenvalue weighted by Gasteiger charge is 2.23. The van der Waals surface area contributed by atoms with Crippen molar-refractivity contribution in [3.63, 3.8) is 0 Å². The van der Waals surface area contributed by atoms with Crippen LogP contribution in [-0.4, -0.2) is 166 Å². The van der Waals surface area contributed by atoms with Gasteiger partial charge in [-0.15, -0.1) is 23.2 Å². The lowest BCUT2D eigenvalue weighted by Gasteiger charge is -2.27. The lowest BCUT2D eigenvalue weighted by Crippen LogP contribution is -2.35. The summed E-state index contributed by atoms with van der Waals surface area (Å²) < 4.78 is 39.5. The number of nitrogens with zero attached hydrogens (tertiary/aromatic N) is 3. The predicted octanol–water partition coefficient (Wildman–Crippen LogP) is 27.2. The van der Waals surface area contributed by atoms with E-state index in [9.17, 15) is 43.5 Å². The minimum Gasteiger partial charge on any atom is -0.444 e. The van der Waals surface area contributed by atoms with Crippen molar-refractivity contribution in [1.29, 1.82) is 10.5 Å². The third kappa shape index (κ3) is 47.3. The number of anilines is 4. The molecule has 25 nitrogen and oxygen atoms in total. The summed E-state index contributed by atoms with van der Waals surface area (Å²) in [5.74, 6) is -0.435. The highest BCUT2D eigenvalue weighted by molar-refractivity contribution is 6.41. The van der Waals surface area contributed by atoms with Gasteiger partial charge in [0.05, 0.1) is 48.4 Å². The molecule has 0 aliphatic carbocycles. The molecule has 11 rings (SSSR count). The Bertz CT molecular complexity index is 5850. The number of nitrogens with one attached hydrogen (secondary N) is 9. The molecule has 10 aromatic carbocycles. The average Bonchev–Trinajstić information content (AvgIpc) is 0.806. The summed E-state index contributed by atoms with van der Waals surface area (Å²) in [4.78, 5) is 70.5. The van der Waals surface area contributed by atoms with E-state index in [4.69, 9.17) is 174 Å². The molecule has 0 unspecified atom stereocenters. The number of hydrogen-bond donors (Lipinski definition) is 11. The van der Waals surface area contributed by atoms with Crippen LogP contribution < -0.4 is 53.6 Å². The number of carbonyl (C=O) groups is 6. The van der Waals surface area contributed by atoms with Crippen LogP contribution in [0.4, 0.5) is 46.3 Å². The fraction of sp³-hybridized carbons (Fsp3) is 0.340. The molecule has 1 aliphatic rings. The number of ether oxygens (including phenoxy) is 5. The first-order valence-electron chi connectivity index (χ1n) is 43.8. The first-order chi connectivity index (χ1) is 66.1. The zero-order valence-corrected chi connectivity index (χ0v) is 88.8. The molecule has 0 spiro atoms. The smallest absolute Gasteiger partial charge is 0.407 e. The lowest BCUT2D eigenvalue weighted by atomic mass is 9.98. The average molecular weight is 2180 g/mol. The summed E-state index contributed by atoms with van der Waals surface area (Å²) in [5, 5.41) is 59.7. The van der Waals surface area contributed by atoms with Crippen LogP contribution in [-0.2, 0) is 41.6 Å². The van der Waals surface area contributed by atoms with E-state index < -0.39 is 52.6 Å². The number of nitriles is 2. The number of nitrogens with two attached hydrogens (primary N) is 1. The topological polar surface area (TPSA) is 354 Å². The summed E-state index contributed by atoms with van der Waals surface area (Å²) in [5.41, 5.74) is 17.3. The summed E-state index contributed by atoms with van der Waals surface area (Å²) >= 11 is 70.7. The third-order valence-electron chi connectivity index (χ3n) is 18.4. The molecule has 0 aromatic heterocycles. The van der Waals surface area contributed by atoms with Crippen molar-refractivity contribution in [2.24, 2.45) is 5.73 Å². The Morgan fingerprint density at radius 3 is 1.00 bits per heavy atom. The SMILES string of the molecule is C.CC(=O)NCCN.CC(C)(C)OC(=O)NCCNc1ccc(C#N)c(-c2ccc(Cl)cc2Cl)c1.CC(C)(C)OC(=O)NCCNc1ccc(C=O)c(-c2ccc(Cl)cc2Cl)c1.CC(C)(C)OC(=O)NCCNc1ccc(CN2CCOCC2)c(-c2ccc(Cl)cc2Cl)c1.CC(C)(C)OC(=O)NCCNc1ccc(CO)c(-c2ccc(Cl)cc2Cl)c1.ClCCl.N#Cc1ccc(F)cc1-c1ccc(Cl)cc1Cl. The van der Waals surface area contributed by atoms with Gasteiger partial charge in [-0.05, 0) is 250 Å². The first-order valence-corrected chi connectivity index (χ1v) is 48.6. The van der Waals surface area contributed by atoms with Gasteiger partial charge in [0, 0.05) is 209 Å². The number of alkyl carbamates (subject to hydrolysis) is 4. The van der Waals surface area contributed by atoms with Crippen LogP contribution in [0.2, 0.25) is 50.2 Å². The quantitative estimate of drug-likeness (QED) is 0.00986. The van der Waals surface area contributed by atoms with Crippen LogP contribution in [0.15, 0.2) is 182 Å². The number of halogens is 13. The summed E-state index contributed by atoms with van der Waals surface area (Å²) in [6.07, 6.45) is -1.01. The minimum absolute atomic E-state index is 0. The van der Waals surface area contributed by atoms with E-state index >= 15 is 0 Å². The molecule has 12 N–H and O–H groups in total. The lowest BCUT2D eigenvalue weighted by molar-refractivity contribution is -0.118. The fourth-order valence-electron chi connectivity index (χ4n) is 12.5. The van der Waals surface area contributed by atoms with Crippen molar-refractivity contribution in [1.82, 2.24) is 31.5 Å². The second kappa shape index (κ2) is 62.4. The molecule has 1 aliphatic heterocycles. The van der Waals surface area contributed by atoms with Gasteiger partial charge in [0.15, 0.2) is 6.29 Å². The van der Waals surface area contributed by atoms with Crippen LogP contribution in [0.3, 0.4) is 0 Å². The summed E-state index contributed by atoms with van der Waals surface area (Å²) in [6, 6.07) is 56.8. The van der Waals surface area contributed by atoms with E-state index in [1.54, 1.807) is 97.1 Å². The van der Waals surface area contributed by atoms with Gasteiger partial charge in [-0.25, -0.2) is 23.6 Å². The minimum atomic E-state index is -0.533. The molecule has 1 heterocycles. The van der Waals surface area contributed by atoms with Crippen LogP contribution in [0.1, 0.15) is 130 Å². The molecule has 5 amide bonds. The number of amides is 5. The second-order valence-electron chi connectivity index (χ2n) is 34.3. The van der Waals surface area contributed by atoms with Crippen molar-refractivity contribution in [3.8, 4) is 67.8 Å². The van der Waals surface area contributed by atoms with Crippen LogP contribution in [0, 0.1) is 28.5 Å². The Morgan fingerprint density at radius 2 is 0.695 bits per heavy atom. The number of hydrogen-bond acceptors (Lipinski definition) is 20. The van der Waals surface area contributed by atoms with Gasteiger partial charge in [-0.2, -0.15) is 10.5 Å². The van der Waals surface area contributed by atoms with Gasteiger partial charge in [0.1, 0.15) is 28.2 Å². The molecular weight excluding hydrogens is 2060 g/mol. The number of aldehydes is 1. The molecule has 1 fully saturated rings. The Kier molecular flexibility index (Phi) is 54.5. The molecule has 760 valence electrons. The highest BCUT2D eigenvalue weighted by Crippen LogP contribution is 2.40. The number of aliphatic hydroxyl groups is 1. The molecule has 0 saturated carbocycles. The zero-order chi connectivity index (χ0) is 104. The van der Waals surface area contributed by atoms with Crippen LogP contribution >= 0.6 is 139 Å². The Labute approximate surface area is 886 Å². The normalized spacial score (nSPS) is 11.4. The second-order valence-corrected chi connectivity index (χ2v) is 39.3. The van der Waals surface area contributed by atoms with Gasteiger partial charge in [-0.3, -0.25) is 14.5 Å². The summed E-state index contributed by atoms with van der Waals surface area (Å²) in [7, 11) is 0. The molecule has 1 saturated heterocycles. The number of aliphatic hydroxyl groups excluding tert-OH is 1.